The standard InChI is InChI=1S/C16H23NO4/c1-11(2)16(18)17-12-6-7-14(19-3)15(9-12)21-10-13-5-4-8-20-13/h6-7,9,11,13H,4-5,8,10H2,1-3H3,(H,17,18)/t13-/m1/s1. The summed E-state index contributed by atoms with van der Waals surface area (Å²) < 4.78 is 16.6. The predicted molar refractivity (Wildman–Crippen MR) is 80.9 cm³/mol. The van der Waals surface area contributed by atoms with Gasteiger partial charge in [0, 0.05) is 24.3 Å². The molecule has 116 valence electrons. The number of anilines is 1. The number of carbonyl (C=O) groups excluding carboxylic acids is 1. The minimum atomic E-state index is -0.0663. The molecule has 5 heteroatoms. The highest BCUT2D eigenvalue weighted by Crippen LogP contribution is 2.31. The Morgan fingerprint density at radius 1 is 1.43 bits per heavy atom. The van der Waals surface area contributed by atoms with Gasteiger partial charge in [0.2, 0.25) is 5.91 Å². The maximum Gasteiger partial charge on any atom is 0.226 e. The van der Waals surface area contributed by atoms with Crippen LogP contribution >= 0.6 is 0 Å². The van der Waals surface area contributed by atoms with E-state index in [9.17, 15) is 4.79 Å². The minimum absolute atomic E-state index is 0.0229. The number of carbonyl (C=O) groups is 1. The first-order chi connectivity index (χ1) is 10.1. The second kappa shape index (κ2) is 7.31. The summed E-state index contributed by atoms with van der Waals surface area (Å²) in [6.45, 7) is 5.01. The molecular formula is C16H23NO4. The third kappa shape index (κ3) is 4.36. The number of hydrogen-bond acceptors (Lipinski definition) is 4. The summed E-state index contributed by atoms with van der Waals surface area (Å²) in [6.07, 6.45) is 2.24. The summed E-state index contributed by atoms with van der Waals surface area (Å²) in [5.74, 6) is 1.18. The average Bonchev–Trinajstić information content (AvgIpc) is 2.98. The van der Waals surface area contributed by atoms with Crippen LogP contribution in [0.4, 0.5) is 5.69 Å². The Morgan fingerprint density at radius 2 is 2.24 bits per heavy atom. The van der Waals surface area contributed by atoms with Crippen molar-refractivity contribution in [3.05, 3.63) is 18.2 Å². The Hall–Kier alpha value is -1.75. The van der Waals surface area contributed by atoms with E-state index in [1.165, 1.54) is 0 Å². The Bertz CT molecular complexity index is 481. The van der Waals surface area contributed by atoms with E-state index >= 15 is 0 Å². The Labute approximate surface area is 125 Å². The highest BCUT2D eigenvalue weighted by Gasteiger charge is 2.17. The van der Waals surface area contributed by atoms with Gasteiger partial charge in [-0.25, -0.2) is 0 Å². The third-order valence-corrected chi connectivity index (χ3v) is 3.40. The number of methoxy groups -OCH3 is 1. The van der Waals surface area contributed by atoms with Gasteiger partial charge in [-0.1, -0.05) is 13.8 Å². The Morgan fingerprint density at radius 3 is 2.86 bits per heavy atom. The predicted octanol–water partition coefficient (Wildman–Crippen LogP) is 2.85. The molecule has 0 radical (unpaired) electrons. The topological polar surface area (TPSA) is 56.8 Å². The quantitative estimate of drug-likeness (QED) is 0.876. The molecule has 1 aliphatic rings. The maximum absolute atomic E-state index is 11.7. The van der Waals surface area contributed by atoms with Crippen molar-refractivity contribution in [2.45, 2.75) is 32.8 Å². The molecule has 0 bridgehead atoms. The van der Waals surface area contributed by atoms with Gasteiger partial charge in [-0.3, -0.25) is 4.79 Å². The molecule has 0 saturated carbocycles. The van der Waals surface area contributed by atoms with E-state index in [1.54, 1.807) is 25.3 Å². The summed E-state index contributed by atoms with van der Waals surface area (Å²) in [6, 6.07) is 5.38. The fourth-order valence-electron chi connectivity index (χ4n) is 2.11. The first-order valence-corrected chi connectivity index (χ1v) is 7.33. The van der Waals surface area contributed by atoms with Crippen molar-refractivity contribution in [2.24, 2.45) is 5.92 Å². The van der Waals surface area contributed by atoms with Crippen LogP contribution in [0.5, 0.6) is 11.5 Å². The maximum atomic E-state index is 11.7. The van der Waals surface area contributed by atoms with Crippen molar-refractivity contribution in [3.63, 3.8) is 0 Å². The molecule has 1 fully saturated rings. The summed E-state index contributed by atoms with van der Waals surface area (Å²) in [5.41, 5.74) is 0.705. The van der Waals surface area contributed by atoms with E-state index in [0.717, 1.165) is 19.4 Å². The fourth-order valence-corrected chi connectivity index (χ4v) is 2.11. The zero-order valence-corrected chi connectivity index (χ0v) is 12.8. The molecule has 1 aromatic carbocycles. The van der Waals surface area contributed by atoms with E-state index in [4.69, 9.17) is 14.2 Å². The number of benzene rings is 1. The summed E-state index contributed by atoms with van der Waals surface area (Å²) in [4.78, 5) is 11.7. The van der Waals surface area contributed by atoms with E-state index in [0.29, 0.717) is 23.8 Å². The summed E-state index contributed by atoms with van der Waals surface area (Å²) in [5, 5.41) is 2.86. The Kier molecular flexibility index (Phi) is 5.44. The van der Waals surface area contributed by atoms with E-state index in [1.807, 2.05) is 13.8 Å². The molecular weight excluding hydrogens is 270 g/mol. The fraction of sp³-hybridized carbons (Fsp3) is 0.562. The molecule has 0 spiro atoms. The van der Waals surface area contributed by atoms with E-state index in [2.05, 4.69) is 5.32 Å². The molecule has 21 heavy (non-hydrogen) atoms. The smallest absolute Gasteiger partial charge is 0.226 e. The van der Waals surface area contributed by atoms with Gasteiger partial charge in [-0.2, -0.15) is 0 Å². The second-order valence-electron chi connectivity index (χ2n) is 5.46. The summed E-state index contributed by atoms with van der Waals surface area (Å²) >= 11 is 0. The van der Waals surface area contributed by atoms with Crippen molar-refractivity contribution in [1.82, 2.24) is 0 Å². The van der Waals surface area contributed by atoms with Gasteiger partial charge in [-0.05, 0) is 25.0 Å². The lowest BCUT2D eigenvalue weighted by Gasteiger charge is -2.15. The zero-order chi connectivity index (χ0) is 15.2. The number of rotatable bonds is 6. The van der Waals surface area contributed by atoms with Crippen molar-refractivity contribution in [3.8, 4) is 11.5 Å². The number of nitrogens with one attached hydrogen (secondary N) is 1. The molecule has 2 rings (SSSR count). The van der Waals surface area contributed by atoms with Crippen LogP contribution in [0.25, 0.3) is 0 Å². The average molecular weight is 293 g/mol. The largest absolute Gasteiger partial charge is 0.493 e. The number of hydrogen-bond donors (Lipinski definition) is 1. The molecule has 1 atom stereocenters. The van der Waals surface area contributed by atoms with Gasteiger partial charge in [0.15, 0.2) is 11.5 Å². The van der Waals surface area contributed by atoms with Gasteiger partial charge in [0.05, 0.1) is 13.2 Å². The second-order valence-corrected chi connectivity index (χ2v) is 5.46. The summed E-state index contributed by atoms with van der Waals surface area (Å²) in [7, 11) is 1.60. The molecule has 5 nitrogen and oxygen atoms in total. The highest BCUT2D eigenvalue weighted by molar-refractivity contribution is 5.92. The first kappa shape index (κ1) is 15.6. The molecule has 0 aromatic heterocycles. The van der Waals surface area contributed by atoms with Crippen LogP contribution in [0, 0.1) is 5.92 Å². The van der Waals surface area contributed by atoms with Crippen LogP contribution in [-0.2, 0) is 9.53 Å². The van der Waals surface area contributed by atoms with E-state index in [-0.39, 0.29) is 17.9 Å². The van der Waals surface area contributed by atoms with Gasteiger partial charge in [-0.15, -0.1) is 0 Å². The lowest BCUT2D eigenvalue weighted by Crippen LogP contribution is -2.18. The molecule has 0 aliphatic carbocycles. The minimum Gasteiger partial charge on any atom is -0.493 e. The SMILES string of the molecule is COc1ccc(NC(=O)C(C)C)cc1OC[C@H]1CCCO1. The van der Waals surface area contributed by atoms with Gasteiger partial charge in [0.1, 0.15) is 6.61 Å². The first-order valence-electron chi connectivity index (χ1n) is 7.33. The van der Waals surface area contributed by atoms with E-state index < -0.39 is 0 Å². The monoisotopic (exact) mass is 293 g/mol. The van der Waals surface area contributed by atoms with Crippen LogP contribution in [0.1, 0.15) is 26.7 Å². The third-order valence-electron chi connectivity index (χ3n) is 3.40. The lowest BCUT2D eigenvalue weighted by atomic mass is 10.2. The molecule has 1 N–H and O–H groups in total. The van der Waals surface area contributed by atoms with Crippen LogP contribution in [0.15, 0.2) is 18.2 Å². The van der Waals surface area contributed by atoms with Gasteiger partial charge in [0.25, 0.3) is 0 Å². The van der Waals surface area contributed by atoms with Crippen LogP contribution in [0.3, 0.4) is 0 Å². The Balaban J connectivity index is 2.04. The highest BCUT2D eigenvalue weighted by atomic mass is 16.5. The molecule has 1 amide bonds. The van der Waals surface area contributed by atoms with Crippen LogP contribution < -0.4 is 14.8 Å². The van der Waals surface area contributed by atoms with Crippen molar-refractivity contribution < 1.29 is 19.0 Å². The van der Waals surface area contributed by atoms with Gasteiger partial charge < -0.3 is 19.5 Å². The van der Waals surface area contributed by atoms with Crippen molar-refractivity contribution in [1.29, 1.82) is 0 Å². The van der Waals surface area contributed by atoms with Crippen molar-refractivity contribution in [2.75, 3.05) is 25.6 Å². The van der Waals surface area contributed by atoms with Crippen molar-refractivity contribution >= 4 is 11.6 Å². The van der Waals surface area contributed by atoms with Crippen LogP contribution in [-0.4, -0.2) is 32.3 Å². The molecule has 1 aromatic rings. The zero-order valence-electron chi connectivity index (χ0n) is 12.8. The van der Waals surface area contributed by atoms with Crippen LogP contribution in [0.2, 0.25) is 0 Å². The molecule has 1 heterocycles. The molecule has 0 unspecified atom stereocenters. The lowest BCUT2D eigenvalue weighted by molar-refractivity contribution is -0.118. The molecule has 1 saturated heterocycles. The normalized spacial score (nSPS) is 17.8. The van der Waals surface area contributed by atoms with Gasteiger partial charge >= 0.3 is 0 Å². The molecule has 1 aliphatic heterocycles. The number of ether oxygens (including phenoxy) is 3. The number of amides is 1.